The van der Waals surface area contributed by atoms with E-state index in [1.807, 2.05) is 0 Å². The third-order valence-electron chi connectivity index (χ3n) is 7.70. The summed E-state index contributed by atoms with van der Waals surface area (Å²) < 4.78 is 0. The molecule has 1 N–H and O–H groups in total. The van der Waals surface area contributed by atoms with Crippen molar-refractivity contribution in [3.63, 3.8) is 0 Å². The third-order valence-corrected chi connectivity index (χ3v) is 8.06. The normalized spacial score (nSPS) is 32.2. The fourth-order valence-electron chi connectivity index (χ4n) is 6.94. The summed E-state index contributed by atoms with van der Waals surface area (Å²) in [7, 11) is 0. The molecular formula is C25H36N2OS. The van der Waals surface area contributed by atoms with Crippen LogP contribution in [0.1, 0.15) is 76.3 Å². The van der Waals surface area contributed by atoms with Gasteiger partial charge in [0.15, 0.2) is 5.11 Å². The number of amides is 1. The summed E-state index contributed by atoms with van der Waals surface area (Å²) in [6.07, 6.45) is 8.99. The molecule has 158 valence electrons. The number of thiocarbonyl (C=S) groups is 1. The van der Waals surface area contributed by atoms with Gasteiger partial charge in [0, 0.05) is 13.1 Å². The van der Waals surface area contributed by atoms with Crippen molar-refractivity contribution in [2.45, 2.75) is 77.6 Å². The zero-order valence-electron chi connectivity index (χ0n) is 18.3. The molecule has 3 nitrogen and oxygen atoms in total. The Morgan fingerprint density at radius 1 is 1.07 bits per heavy atom. The number of rotatable bonds is 6. The second-order valence-corrected chi connectivity index (χ2v) is 10.5. The highest BCUT2D eigenvalue weighted by Crippen LogP contribution is 2.65. The maximum Gasteiger partial charge on any atom is 0.232 e. The van der Waals surface area contributed by atoms with Gasteiger partial charge in [-0.25, -0.2) is 0 Å². The Balaban J connectivity index is 1.56. The maximum absolute atomic E-state index is 13.6. The minimum atomic E-state index is -0.233. The molecular weight excluding hydrogens is 376 g/mol. The van der Waals surface area contributed by atoms with E-state index in [-0.39, 0.29) is 16.7 Å². The van der Waals surface area contributed by atoms with Gasteiger partial charge in [-0.1, -0.05) is 43.7 Å². The molecule has 4 aliphatic carbocycles. The Bertz CT molecular complexity index is 752. The van der Waals surface area contributed by atoms with Gasteiger partial charge in [0.2, 0.25) is 5.91 Å². The van der Waals surface area contributed by atoms with Gasteiger partial charge in [-0.15, -0.1) is 0 Å². The molecule has 0 aliphatic heterocycles. The molecule has 4 aliphatic rings. The Kier molecular flexibility index (Phi) is 5.76. The molecule has 2 atom stereocenters. The highest BCUT2D eigenvalue weighted by atomic mass is 32.1. The molecule has 0 radical (unpaired) electrons. The molecule has 0 spiro atoms. The van der Waals surface area contributed by atoms with E-state index >= 15 is 0 Å². The fourth-order valence-corrected chi connectivity index (χ4v) is 7.21. The first kappa shape index (κ1) is 20.8. The van der Waals surface area contributed by atoms with Gasteiger partial charge in [-0.2, -0.15) is 0 Å². The monoisotopic (exact) mass is 412 g/mol. The van der Waals surface area contributed by atoms with Crippen LogP contribution in [0.15, 0.2) is 24.3 Å². The number of hydrogen-bond donors (Lipinski definition) is 1. The average molecular weight is 413 g/mol. The molecule has 29 heavy (non-hydrogen) atoms. The smallest absolute Gasteiger partial charge is 0.232 e. The summed E-state index contributed by atoms with van der Waals surface area (Å²) in [4.78, 5) is 15.8. The van der Waals surface area contributed by atoms with Crippen LogP contribution in [0.5, 0.6) is 0 Å². The van der Waals surface area contributed by atoms with Gasteiger partial charge < -0.3 is 10.2 Å². The summed E-state index contributed by atoms with van der Waals surface area (Å²) in [5.41, 5.74) is 2.71. The zero-order chi connectivity index (χ0) is 20.6. The van der Waals surface area contributed by atoms with E-state index < -0.39 is 0 Å². The second kappa shape index (κ2) is 8.02. The number of carbonyl (C=O) groups excluding carboxylic acids is 1. The molecule has 0 heterocycles. The van der Waals surface area contributed by atoms with Crippen LogP contribution in [-0.4, -0.2) is 29.0 Å². The number of nitrogens with zero attached hydrogens (tertiary/aromatic N) is 1. The van der Waals surface area contributed by atoms with E-state index in [0.717, 1.165) is 45.2 Å². The number of aryl methyl sites for hydroxylation is 1. The number of hydrogen-bond acceptors (Lipinski definition) is 2. The molecule has 0 aromatic heterocycles. The van der Waals surface area contributed by atoms with Gasteiger partial charge in [0.25, 0.3) is 0 Å². The van der Waals surface area contributed by atoms with E-state index in [2.05, 4.69) is 55.3 Å². The van der Waals surface area contributed by atoms with Crippen LogP contribution < -0.4 is 5.32 Å². The molecule has 4 fully saturated rings. The zero-order valence-corrected chi connectivity index (χ0v) is 19.1. The van der Waals surface area contributed by atoms with Gasteiger partial charge >= 0.3 is 0 Å². The summed E-state index contributed by atoms with van der Waals surface area (Å²) in [6.45, 7) is 8.31. The minimum Gasteiger partial charge on any atom is -0.349 e. The van der Waals surface area contributed by atoms with Crippen molar-refractivity contribution >= 4 is 23.2 Å². The van der Waals surface area contributed by atoms with E-state index in [1.165, 1.54) is 30.4 Å². The molecule has 0 saturated heterocycles. The van der Waals surface area contributed by atoms with Gasteiger partial charge in [0.1, 0.15) is 0 Å². The van der Waals surface area contributed by atoms with Crippen molar-refractivity contribution in [3.05, 3.63) is 35.4 Å². The van der Waals surface area contributed by atoms with Crippen molar-refractivity contribution < 1.29 is 4.79 Å². The summed E-state index contributed by atoms with van der Waals surface area (Å²) >= 11 is 5.67. The number of nitrogens with one attached hydrogen (secondary N) is 1. The third kappa shape index (κ3) is 3.85. The van der Waals surface area contributed by atoms with Gasteiger partial charge in [-0.3, -0.25) is 4.79 Å². The van der Waals surface area contributed by atoms with Crippen LogP contribution in [0.2, 0.25) is 0 Å². The standard InChI is InChI=1S/C25H36N2OS/c1-4-10-27(11-5-2)23(29)26-22(28)25-15-19-12-20(16-25)14-24(13-19,17-25)21-8-6-18(3)7-9-21/h6-9,19-20H,4-5,10-17H2,1-3H3,(H,26,28,29). The van der Waals surface area contributed by atoms with Crippen LogP contribution in [-0.2, 0) is 10.2 Å². The number of benzene rings is 1. The summed E-state index contributed by atoms with van der Waals surface area (Å²) in [5, 5.41) is 3.84. The average Bonchev–Trinajstić information content (AvgIpc) is 2.67. The Hall–Kier alpha value is -1.42. The van der Waals surface area contributed by atoms with E-state index in [9.17, 15) is 4.79 Å². The van der Waals surface area contributed by atoms with Crippen molar-refractivity contribution in [2.75, 3.05) is 13.1 Å². The number of carbonyl (C=O) groups is 1. The van der Waals surface area contributed by atoms with Gasteiger partial charge in [0.05, 0.1) is 5.41 Å². The van der Waals surface area contributed by atoms with Crippen molar-refractivity contribution in [1.82, 2.24) is 10.2 Å². The summed E-state index contributed by atoms with van der Waals surface area (Å²) in [6, 6.07) is 9.12. The fraction of sp³-hybridized carbons (Fsp3) is 0.680. The van der Waals surface area contributed by atoms with Crippen LogP contribution >= 0.6 is 12.2 Å². The lowest BCUT2D eigenvalue weighted by atomic mass is 9.42. The predicted molar refractivity (Wildman–Crippen MR) is 123 cm³/mol. The molecule has 4 heteroatoms. The first-order chi connectivity index (χ1) is 13.9. The first-order valence-corrected chi connectivity index (χ1v) is 12.0. The van der Waals surface area contributed by atoms with E-state index in [1.54, 1.807) is 0 Å². The Labute approximate surface area is 181 Å². The molecule has 4 bridgehead atoms. The second-order valence-electron chi connectivity index (χ2n) is 10.1. The Morgan fingerprint density at radius 2 is 1.66 bits per heavy atom. The van der Waals surface area contributed by atoms with Crippen LogP contribution in [0.3, 0.4) is 0 Å². The highest BCUT2D eigenvalue weighted by molar-refractivity contribution is 7.80. The molecule has 2 unspecified atom stereocenters. The lowest BCUT2D eigenvalue weighted by Crippen LogP contribution is -2.60. The Morgan fingerprint density at radius 3 is 2.21 bits per heavy atom. The summed E-state index contributed by atoms with van der Waals surface area (Å²) in [5.74, 6) is 1.56. The lowest BCUT2D eigenvalue weighted by molar-refractivity contribution is -0.147. The largest absolute Gasteiger partial charge is 0.349 e. The minimum absolute atomic E-state index is 0.184. The van der Waals surface area contributed by atoms with Crippen molar-refractivity contribution in [2.24, 2.45) is 17.3 Å². The molecule has 1 amide bonds. The molecule has 1 aromatic carbocycles. The molecule has 5 rings (SSSR count). The molecule has 4 saturated carbocycles. The van der Waals surface area contributed by atoms with Crippen molar-refractivity contribution in [3.8, 4) is 0 Å². The van der Waals surface area contributed by atoms with Crippen LogP contribution in [0.25, 0.3) is 0 Å². The van der Waals surface area contributed by atoms with Crippen LogP contribution in [0.4, 0.5) is 0 Å². The highest BCUT2D eigenvalue weighted by Gasteiger charge is 2.61. The quantitative estimate of drug-likeness (QED) is 0.639. The van der Waals surface area contributed by atoms with E-state index in [0.29, 0.717) is 16.9 Å². The van der Waals surface area contributed by atoms with Crippen molar-refractivity contribution in [1.29, 1.82) is 0 Å². The van der Waals surface area contributed by atoms with E-state index in [4.69, 9.17) is 12.2 Å². The SMILES string of the molecule is CCCN(CCC)C(=S)NC(=O)C12CC3CC(C1)CC(c1ccc(C)cc1)(C3)C2. The molecule has 1 aromatic rings. The van der Waals surface area contributed by atoms with Crippen LogP contribution in [0, 0.1) is 24.2 Å². The first-order valence-electron chi connectivity index (χ1n) is 11.6. The topological polar surface area (TPSA) is 32.3 Å². The lowest BCUT2D eigenvalue weighted by Gasteiger charge is -2.61. The predicted octanol–water partition coefficient (Wildman–Crippen LogP) is 5.36. The maximum atomic E-state index is 13.6. The van der Waals surface area contributed by atoms with Gasteiger partial charge in [-0.05, 0) is 93.3 Å².